The molecule has 4 aromatic heterocycles. The fraction of sp³-hybridized carbons (Fsp3) is 0.167. The lowest BCUT2D eigenvalue weighted by atomic mass is 9.84. The largest absolute Gasteiger partial charge is 0.456 e. The summed E-state index contributed by atoms with van der Waals surface area (Å²) in [4.78, 5) is 8.98. The van der Waals surface area contributed by atoms with Gasteiger partial charge in [0.1, 0.15) is 34.9 Å². The minimum atomic E-state index is 0.183. The van der Waals surface area contributed by atoms with Crippen molar-refractivity contribution in [3.8, 4) is 22.9 Å². The summed E-state index contributed by atoms with van der Waals surface area (Å²) in [6, 6.07) is 24.9. The van der Waals surface area contributed by atoms with Gasteiger partial charge < -0.3 is 17.7 Å². The summed E-state index contributed by atoms with van der Waals surface area (Å²) in [6.45, 7) is 4.54. The van der Waals surface area contributed by atoms with Gasteiger partial charge >= 0.3 is 0 Å². The fourth-order valence-corrected chi connectivity index (χ4v) is 6.38. The maximum absolute atomic E-state index is 6.48. The van der Waals surface area contributed by atoms with E-state index in [-0.39, 0.29) is 11.8 Å². The lowest BCUT2D eigenvalue weighted by Gasteiger charge is -2.20. The maximum Gasteiger partial charge on any atom is 0.226 e. The molecule has 2 atom stereocenters. The molecule has 0 fully saturated rings. The Bertz CT molecular complexity index is 2190. The third-order valence-electron chi connectivity index (χ3n) is 8.52. The predicted molar refractivity (Wildman–Crippen MR) is 164 cm³/mol. The third-order valence-corrected chi connectivity index (χ3v) is 8.52. The summed E-state index contributed by atoms with van der Waals surface area (Å²) in [5, 5.41) is 4.44. The van der Waals surface area contributed by atoms with Crippen molar-refractivity contribution >= 4 is 43.9 Å². The number of nitrogens with zero attached hydrogens (tertiary/aromatic N) is 2. The molecule has 0 N–H and O–H groups in total. The summed E-state index contributed by atoms with van der Waals surface area (Å²) < 4.78 is 24.2. The highest BCUT2D eigenvalue weighted by Gasteiger charge is 2.24. The van der Waals surface area contributed by atoms with Crippen molar-refractivity contribution < 1.29 is 17.7 Å². The zero-order valence-electron chi connectivity index (χ0n) is 23.3. The van der Waals surface area contributed by atoms with E-state index in [9.17, 15) is 0 Å². The van der Waals surface area contributed by atoms with Crippen LogP contribution in [0.1, 0.15) is 49.7 Å². The minimum absolute atomic E-state index is 0.183. The molecule has 0 bridgehead atoms. The van der Waals surface area contributed by atoms with Gasteiger partial charge in [-0.15, -0.1) is 0 Å². The van der Waals surface area contributed by atoms with Crippen LogP contribution in [-0.4, -0.2) is 9.97 Å². The van der Waals surface area contributed by atoms with E-state index in [2.05, 4.69) is 66.3 Å². The molecule has 6 nitrogen and oxygen atoms in total. The normalized spacial score (nSPS) is 13.5. The van der Waals surface area contributed by atoms with Crippen LogP contribution < -0.4 is 0 Å². The first kappa shape index (κ1) is 24.7. The topological polar surface area (TPSA) is 78.3 Å². The third kappa shape index (κ3) is 3.94. The molecule has 0 spiro atoms. The smallest absolute Gasteiger partial charge is 0.226 e. The van der Waals surface area contributed by atoms with Crippen LogP contribution in [0.3, 0.4) is 0 Å². The highest BCUT2D eigenvalue weighted by atomic mass is 16.3. The van der Waals surface area contributed by atoms with Gasteiger partial charge in [0.25, 0.3) is 0 Å². The van der Waals surface area contributed by atoms with Gasteiger partial charge in [-0.05, 0) is 66.6 Å². The van der Waals surface area contributed by atoms with Crippen LogP contribution in [0.5, 0.6) is 0 Å². The summed E-state index contributed by atoms with van der Waals surface area (Å²) in [7, 11) is 0. The van der Waals surface area contributed by atoms with E-state index in [4.69, 9.17) is 17.7 Å². The second-order valence-corrected chi connectivity index (χ2v) is 11.1. The van der Waals surface area contributed by atoms with Crippen molar-refractivity contribution in [2.45, 2.75) is 38.5 Å². The van der Waals surface area contributed by atoms with Crippen LogP contribution in [0.15, 0.2) is 115 Å². The number of aromatic nitrogens is 2. The van der Waals surface area contributed by atoms with E-state index in [1.165, 1.54) is 5.56 Å². The molecule has 4 aromatic carbocycles. The van der Waals surface area contributed by atoms with Crippen molar-refractivity contribution in [2.24, 2.45) is 0 Å². The Morgan fingerprint density at radius 1 is 0.595 bits per heavy atom. The van der Waals surface area contributed by atoms with E-state index < -0.39 is 0 Å². The number of furan rings is 2. The van der Waals surface area contributed by atoms with Crippen molar-refractivity contribution in [3.63, 3.8) is 0 Å². The van der Waals surface area contributed by atoms with Gasteiger partial charge in [-0.1, -0.05) is 50.2 Å². The highest BCUT2D eigenvalue weighted by molar-refractivity contribution is 6.08. The molecular weight excluding hydrogens is 524 g/mol. The Labute approximate surface area is 241 Å². The van der Waals surface area contributed by atoms with E-state index >= 15 is 0 Å². The Balaban J connectivity index is 1.19. The average Bonchev–Trinajstić information content (AvgIpc) is 3.84. The van der Waals surface area contributed by atoms with Crippen LogP contribution in [-0.2, 0) is 0 Å². The van der Waals surface area contributed by atoms with E-state index in [0.717, 1.165) is 73.4 Å². The summed E-state index contributed by atoms with van der Waals surface area (Å²) in [5.74, 6) is 1.62. The van der Waals surface area contributed by atoms with Crippen LogP contribution in [0, 0.1) is 0 Å². The summed E-state index contributed by atoms with van der Waals surface area (Å²) in [6.07, 6.45) is 8.49. The zero-order chi connectivity index (χ0) is 28.2. The van der Waals surface area contributed by atoms with E-state index in [0.29, 0.717) is 11.8 Å². The molecule has 0 amide bonds. The lowest BCUT2D eigenvalue weighted by molar-refractivity contribution is 0.553. The molecule has 0 radical (unpaired) electrons. The molecule has 0 saturated heterocycles. The van der Waals surface area contributed by atoms with Gasteiger partial charge in [-0.3, -0.25) is 0 Å². The van der Waals surface area contributed by atoms with Crippen LogP contribution in [0.4, 0.5) is 0 Å². The predicted octanol–water partition coefficient (Wildman–Crippen LogP) is 10.5. The molecule has 42 heavy (non-hydrogen) atoms. The molecule has 4 heterocycles. The number of oxazole rings is 2. The van der Waals surface area contributed by atoms with Crippen LogP contribution >= 0.6 is 0 Å². The van der Waals surface area contributed by atoms with Gasteiger partial charge in [0.2, 0.25) is 11.8 Å². The summed E-state index contributed by atoms with van der Waals surface area (Å²) in [5.41, 5.74) is 7.75. The summed E-state index contributed by atoms with van der Waals surface area (Å²) >= 11 is 0. The van der Waals surface area contributed by atoms with Gasteiger partial charge in [-0.2, -0.15) is 0 Å². The molecule has 0 aliphatic carbocycles. The molecule has 0 saturated carbocycles. The number of hydrogen-bond acceptors (Lipinski definition) is 6. The Hall–Kier alpha value is -5.10. The van der Waals surface area contributed by atoms with Crippen molar-refractivity contribution in [3.05, 3.63) is 109 Å². The van der Waals surface area contributed by atoms with Gasteiger partial charge in [-0.25, -0.2) is 9.97 Å². The Kier molecular flexibility index (Phi) is 5.74. The maximum atomic E-state index is 6.48. The first-order chi connectivity index (χ1) is 20.7. The van der Waals surface area contributed by atoms with Crippen molar-refractivity contribution in [2.75, 3.05) is 0 Å². The second-order valence-electron chi connectivity index (χ2n) is 11.1. The molecule has 2 unspecified atom stereocenters. The number of rotatable bonds is 7. The number of fused-ring (bicyclic) bond motifs is 6. The Morgan fingerprint density at radius 2 is 1.24 bits per heavy atom. The van der Waals surface area contributed by atoms with Gasteiger partial charge in [0, 0.05) is 38.2 Å². The molecule has 8 rings (SSSR count). The first-order valence-corrected chi connectivity index (χ1v) is 14.3. The second kappa shape index (κ2) is 9.77. The molecule has 8 aromatic rings. The van der Waals surface area contributed by atoms with E-state index in [1.807, 2.05) is 30.3 Å². The molecule has 206 valence electrons. The highest BCUT2D eigenvalue weighted by Crippen LogP contribution is 2.43. The molecule has 0 aliphatic rings. The molecule has 6 heteroatoms. The van der Waals surface area contributed by atoms with Crippen molar-refractivity contribution in [1.29, 1.82) is 0 Å². The van der Waals surface area contributed by atoms with E-state index in [1.54, 1.807) is 24.9 Å². The zero-order valence-corrected chi connectivity index (χ0v) is 23.3. The van der Waals surface area contributed by atoms with Gasteiger partial charge in [0.15, 0.2) is 0 Å². The first-order valence-electron chi connectivity index (χ1n) is 14.3. The SMILES string of the molecule is CC(CCC(C)c1c(-c2ncco2)ccc2c1oc1ccccc12)c1cc2c(cc1-c1ncco1)oc1ccccc12. The minimum Gasteiger partial charge on any atom is -0.456 e. The van der Waals surface area contributed by atoms with Crippen LogP contribution in [0.25, 0.3) is 66.8 Å². The fourth-order valence-electron chi connectivity index (χ4n) is 6.38. The Morgan fingerprint density at radius 3 is 1.95 bits per heavy atom. The monoisotopic (exact) mass is 552 g/mol. The number of benzene rings is 4. The lowest BCUT2D eigenvalue weighted by Crippen LogP contribution is -2.03. The molecule has 0 aliphatic heterocycles. The molecular formula is C36H28N2O4. The average molecular weight is 553 g/mol. The standard InChI is InChI=1S/C36H28N2O4/c1-21(27-19-28-24-8-4-5-9-30(24)41-32(28)20-29(27)36-38-16-18-40-36)11-12-22(2)33-26(35-37-15-17-39-35)14-13-25-23-7-3-6-10-31(23)42-34(25)33/h3-10,13-22H,11-12H2,1-2H3. The number of hydrogen-bond donors (Lipinski definition) is 0. The van der Waals surface area contributed by atoms with Gasteiger partial charge in [0.05, 0.1) is 12.4 Å². The number of para-hydroxylation sites is 2. The van der Waals surface area contributed by atoms with Crippen molar-refractivity contribution in [1.82, 2.24) is 9.97 Å². The van der Waals surface area contributed by atoms with Crippen LogP contribution in [0.2, 0.25) is 0 Å². The quantitative estimate of drug-likeness (QED) is 0.196.